The maximum atomic E-state index is 12.1. The molecule has 0 atom stereocenters. The predicted molar refractivity (Wildman–Crippen MR) is 73.9 cm³/mol. The van der Waals surface area contributed by atoms with Crippen LogP contribution in [0.15, 0.2) is 12.4 Å². The van der Waals surface area contributed by atoms with Crippen LogP contribution in [-0.4, -0.2) is 38.7 Å². The first-order valence-corrected chi connectivity index (χ1v) is 5.78. The zero-order valence-corrected chi connectivity index (χ0v) is 11.3. The Morgan fingerprint density at radius 1 is 1.10 bits per heavy atom. The van der Waals surface area contributed by atoms with Crippen molar-refractivity contribution in [1.82, 2.24) is 19.1 Å². The summed E-state index contributed by atoms with van der Waals surface area (Å²) in [6.45, 7) is 1.82. The van der Waals surface area contributed by atoms with Crippen molar-refractivity contribution in [3.8, 4) is 0 Å². The minimum Gasteiger partial charge on any atom is -0.336 e. The van der Waals surface area contributed by atoms with Crippen LogP contribution in [0.1, 0.15) is 16.4 Å². The third kappa shape index (κ3) is 2.87. The summed E-state index contributed by atoms with van der Waals surface area (Å²) in [6, 6.07) is 0. The van der Waals surface area contributed by atoms with Crippen LogP contribution in [0.3, 0.4) is 0 Å². The summed E-state index contributed by atoms with van der Waals surface area (Å²) in [5.41, 5.74) is 0. The smallest absolute Gasteiger partial charge is 0.292 e. The van der Waals surface area contributed by atoms with Gasteiger partial charge in [-0.3, -0.25) is 9.59 Å². The number of anilines is 2. The molecule has 9 heteroatoms. The molecule has 2 heterocycles. The third-order valence-electron chi connectivity index (χ3n) is 2.68. The van der Waals surface area contributed by atoms with Gasteiger partial charge in [0.15, 0.2) is 17.4 Å². The number of nitrogens with one attached hydrogen (secondary N) is 2. The highest BCUT2D eigenvalue weighted by molar-refractivity contribution is 6.60. The van der Waals surface area contributed by atoms with Gasteiger partial charge in [-0.2, -0.15) is 0 Å². The number of nitrogens with zero attached hydrogens (tertiary/aromatic N) is 4. The summed E-state index contributed by atoms with van der Waals surface area (Å²) in [7, 11) is 8.45. The average molecular weight is 272 g/mol. The van der Waals surface area contributed by atoms with Gasteiger partial charge < -0.3 is 19.8 Å². The molecule has 0 saturated carbocycles. The van der Waals surface area contributed by atoms with E-state index in [4.69, 9.17) is 7.85 Å². The lowest BCUT2D eigenvalue weighted by Gasteiger charge is -2.00. The summed E-state index contributed by atoms with van der Waals surface area (Å²) in [5, 5.41) is 4.93. The average Bonchev–Trinajstić information content (AvgIpc) is 2.82. The molecule has 0 saturated heterocycles. The van der Waals surface area contributed by atoms with Gasteiger partial charge in [0.1, 0.15) is 5.82 Å². The maximum absolute atomic E-state index is 12.1. The molecule has 2 aromatic rings. The lowest BCUT2D eigenvalue weighted by molar-refractivity contribution is 0.101. The highest BCUT2D eigenvalue weighted by atomic mass is 16.2. The molecule has 8 nitrogen and oxygen atoms in total. The van der Waals surface area contributed by atoms with Crippen LogP contribution in [0.25, 0.3) is 0 Å². The number of amides is 2. The van der Waals surface area contributed by atoms with Crippen LogP contribution in [0, 0.1) is 6.92 Å². The molecule has 0 aliphatic rings. The molecule has 0 aromatic carbocycles. The summed E-state index contributed by atoms with van der Waals surface area (Å²) >= 11 is 0. The maximum Gasteiger partial charge on any atom is 0.292 e. The fourth-order valence-electron chi connectivity index (χ4n) is 1.66. The molecule has 0 bridgehead atoms. The van der Waals surface area contributed by atoms with E-state index in [0.29, 0.717) is 5.82 Å². The zero-order chi connectivity index (χ0) is 14.9. The van der Waals surface area contributed by atoms with Crippen LogP contribution in [0.5, 0.6) is 0 Å². The first kappa shape index (κ1) is 13.8. The highest BCUT2D eigenvalue weighted by Crippen LogP contribution is 2.11. The Kier molecular flexibility index (Phi) is 3.60. The Labute approximate surface area is 116 Å². The van der Waals surface area contributed by atoms with Crippen LogP contribution in [-0.2, 0) is 14.1 Å². The molecule has 2 N–H and O–H groups in total. The zero-order valence-electron chi connectivity index (χ0n) is 11.3. The fraction of sp³-hybridized carbons (Fsp3) is 0.273. The summed E-state index contributed by atoms with van der Waals surface area (Å²) in [6.07, 6.45) is 3.18. The Hall–Kier alpha value is -2.58. The molecule has 0 unspecified atom stereocenters. The second-order valence-electron chi connectivity index (χ2n) is 4.29. The predicted octanol–water partition coefficient (Wildman–Crippen LogP) is 0.415. The first-order chi connectivity index (χ1) is 9.36. The van der Waals surface area contributed by atoms with Crippen LogP contribution < -0.4 is 10.6 Å². The second kappa shape index (κ2) is 5.20. The van der Waals surface area contributed by atoms with Gasteiger partial charge in [0.25, 0.3) is 5.91 Å². The van der Waals surface area contributed by atoms with E-state index in [1.807, 2.05) is 14.0 Å². The molecule has 0 aliphatic carbocycles. The van der Waals surface area contributed by atoms with E-state index < -0.39 is 11.7 Å². The minimum atomic E-state index is -0.740. The number of carbonyl (C=O) groups is 2. The van der Waals surface area contributed by atoms with Gasteiger partial charge in [0, 0.05) is 26.5 Å². The quantitative estimate of drug-likeness (QED) is 0.791. The molecular weight excluding hydrogens is 259 g/mol. The number of aromatic nitrogens is 4. The van der Waals surface area contributed by atoms with Gasteiger partial charge in [-0.1, -0.05) is 0 Å². The van der Waals surface area contributed by atoms with E-state index in [0.717, 1.165) is 5.82 Å². The van der Waals surface area contributed by atoms with Crippen molar-refractivity contribution in [2.75, 3.05) is 10.6 Å². The molecule has 0 spiro atoms. The summed E-state index contributed by atoms with van der Waals surface area (Å²) in [4.78, 5) is 31.0. The van der Waals surface area contributed by atoms with Crippen molar-refractivity contribution in [2.45, 2.75) is 6.92 Å². The van der Waals surface area contributed by atoms with Crippen LogP contribution in [0.4, 0.5) is 16.4 Å². The molecule has 2 amide bonds. The third-order valence-corrected chi connectivity index (χ3v) is 2.68. The van der Waals surface area contributed by atoms with Crippen molar-refractivity contribution in [3.63, 3.8) is 0 Å². The molecule has 2 rings (SSSR count). The topological polar surface area (TPSA) is 93.8 Å². The van der Waals surface area contributed by atoms with Gasteiger partial charge in [-0.15, -0.1) is 0 Å². The van der Waals surface area contributed by atoms with Crippen molar-refractivity contribution in [3.05, 3.63) is 24.0 Å². The van der Waals surface area contributed by atoms with Crippen molar-refractivity contribution in [2.24, 2.45) is 14.1 Å². The Morgan fingerprint density at radius 2 is 1.70 bits per heavy atom. The lowest BCUT2D eigenvalue weighted by atomic mass is 10.1. The number of aryl methyl sites for hydroxylation is 3. The van der Waals surface area contributed by atoms with Crippen molar-refractivity contribution < 1.29 is 9.59 Å². The van der Waals surface area contributed by atoms with Crippen LogP contribution >= 0.6 is 0 Å². The Morgan fingerprint density at radius 3 is 2.25 bits per heavy atom. The van der Waals surface area contributed by atoms with Crippen molar-refractivity contribution >= 4 is 31.2 Å². The second-order valence-corrected chi connectivity index (χ2v) is 4.29. The fourth-order valence-corrected chi connectivity index (χ4v) is 1.66. The van der Waals surface area contributed by atoms with Crippen LogP contribution in [0.2, 0.25) is 0 Å². The molecule has 102 valence electrons. The lowest BCUT2D eigenvalue weighted by Crippen LogP contribution is -2.17. The number of imidazole rings is 2. The van der Waals surface area contributed by atoms with Gasteiger partial charge in [0.2, 0.25) is 13.7 Å². The summed E-state index contributed by atoms with van der Waals surface area (Å²) < 4.78 is 3.27. The van der Waals surface area contributed by atoms with E-state index in [9.17, 15) is 9.59 Å². The normalized spacial score (nSPS) is 10.3. The first-order valence-electron chi connectivity index (χ1n) is 5.78. The largest absolute Gasteiger partial charge is 0.336 e. The van der Waals surface area contributed by atoms with Gasteiger partial charge in [-0.05, 0) is 6.92 Å². The molecule has 2 aromatic heterocycles. The molecule has 0 aliphatic heterocycles. The molecule has 20 heavy (non-hydrogen) atoms. The standard InChI is InChI=1S/C11H13BN6O2/c1-6-13-7(4-17(6)2)15-10(19)9-14-8(5-18(9)3)16-11(12)20/h4-5H,1-3H3,(H,15,19)(H,16,20). The summed E-state index contributed by atoms with van der Waals surface area (Å²) in [5.74, 6) is 0.386. The number of hydrogen-bond donors (Lipinski definition) is 2. The van der Waals surface area contributed by atoms with E-state index >= 15 is 0 Å². The number of carbonyl (C=O) groups excluding carboxylic acids is 2. The number of rotatable bonds is 3. The van der Waals surface area contributed by atoms with E-state index in [-0.39, 0.29) is 11.6 Å². The Bertz CT molecular complexity index is 655. The van der Waals surface area contributed by atoms with Crippen molar-refractivity contribution in [1.29, 1.82) is 0 Å². The van der Waals surface area contributed by atoms with Gasteiger partial charge >= 0.3 is 0 Å². The SMILES string of the molecule is [B]C(=O)Nc1cn(C)c(C(=O)Nc2cn(C)c(C)n2)n1. The highest BCUT2D eigenvalue weighted by Gasteiger charge is 2.15. The van der Waals surface area contributed by atoms with E-state index in [1.165, 1.54) is 10.8 Å². The molecule has 2 radical (unpaired) electrons. The van der Waals surface area contributed by atoms with Gasteiger partial charge in [0.05, 0.1) is 0 Å². The van der Waals surface area contributed by atoms with E-state index in [2.05, 4.69) is 20.6 Å². The van der Waals surface area contributed by atoms with Gasteiger partial charge in [-0.25, -0.2) is 9.97 Å². The minimum absolute atomic E-state index is 0.136. The molecular formula is C11H13BN6O2. The Balaban J connectivity index is 2.16. The number of hydrogen-bond acceptors (Lipinski definition) is 4. The molecule has 0 fully saturated rings. The van der Waals surface area contributed by atoms with E-state index in [1.54, 1.807) is 17.8 Å². The monoisotopic (exact) mass is 272 g/mol.